The SMILES string of the molecule is CO/N=C(\C)c1ccc(C(=O)OC)cc1C(=O)c1ccccc1. The number of esters is 1. The highest BCUT2D eigenvalue weighted by Crippen LogP contribution is 2.19. The Labute approximate surface area is 134 Å². The molecular weight excluding hydrogens is 294 g/mol. The van der Waals surface area contributed by atoms with Crippen LogP contribution in [0.2, 0.25) is 0 Å². The molecule has 0 amide bonds. The van der Waals surface area contributed by atoms with Gasteiger partial charge >= 0.3 is 5.97 Å². The van der Waals surface area contributed by atoms with E-state index in [4.69, 9.17) is 9.57 Å². The Morgan fingerprint density at radius 2 is 1.61 bits per heavy atom. The summed E-state index contributed by atoms with van der Waals surface area (Å²) in [5.74, 6) is -0.697. The molecule has 2 aromatic rings. The lowest BCUT2D eigenvalue weighted by molar-refractivity contribution is 0.0600. The fourth-order valence-electron chi connectivity index (χ4n) is 2.22. The second kappa shape index (κ2) is 7.35. The van der Waals surface area contributed by atoms with E-state index in [-0.39, 0.29) is 5.78 Å². The number of carbonyl (C=O) groups is 2. The highest BCUT2D eigenvalue weighted by Gasteiger charge is 2.18. The van der Waals surface area contributed by atoms with Crippen LogP contribution in [0, 0.1) is 0 Å². The molecule has 118 valence electrons. The predicted octanol–water partition coefficient (Wildman–Crippen LogP) is 3.07. The van der Waals surface area contributed by atoms with Gasteiger partial charge in [0.2, 0.25) is 0 Å². The topological polar surface area (TPSA) is 65.0 Å². The van der Waals surface area contributed by atoms with Crippen LogP contribution in [0.5, 0.6) is 0 Å². The van der Waals surface area contributed by atoms with Gasteiger partial charge in [-0.3, -0.25) is 4.79 Å². The minimum Gasteiger partial charge on any atom is -0.465 e. The monoisotopic (exact) mass is 311 g/mol. The van der Waals surface area contributed by atoms with Gasteiger partial charge in [0.15, 0.2) is 5.78 Å². The molecule has 0 unspecified atom stereocenters. The minimum absolute atomic E-state index is 0.197. The van der Waals surface area contributed by atoms with E-state index in [2.05, 4.69) is 5.16 Å². The van der Waals surface area contributed by atoms with Crippen molar-refractivity contribution in [1.29, 1.82) is 0 Å². The van der Waals surface area contributed by atoms with Crippen molar-refractivity contribution in [3.05, 3.63) is 70.8 Å². The predicted molar refractivity (Wildman–Crippen MR) is 86.9 cm³/mol. The number of rotatable bonds is 5. The molecule has 0 heterocycles. The van der Waals surface area contributed by atoms with Gasteiger partial charge in [-0.2, -0.15) is 0 Å². The van der Waals surface area contributed by atoms with Gasteiger partial charge in [0.1, 0.15) is 7.11 Å². The van der Waals surface area contributed by atoms with Gasteiger partial charge in [-0.15, -0.1) is 0 Å². The van der Waals surface area contributed by atoms with Gasteiger partial charge in [0, 0.05) is 16.7 Å². The van der Waals surface area contributed by atoms with E-state index in [0.29, 0.717) is 28.0 Å². The van der Waals surface area contributed by atoms with Crippen molar-refractivity contribution < 1.29 is 19.2 Å². The van der Waals surface area contributed by atoms with Gasteiger partial charge in [-0.25, -0.2) is 4.79 Å². The first-order valence-corrected chi connectivity index (χ1v) is 6.98. The number of nitrogens with zero attached hydrogens (tertiary/aromatic N) is 1. The Morgan fingerprint density at radius 1 is 0.913 bits per heavy atom. The second-order valence-corrected chi connectivity index (χ2v) is 4.81. The number of hydrogen-bond acceptors (Lipinski definition) is 5. The third kappa shape index (κ3) is 3.63. The van der Waals surface area contributed by atoms with Crippen LogP contribution >= 0.6 is 0 Å². The fraction of sp³-hybridized carbons (Fsp3) is 0.167. The summed E-state index contributed by atoms with van der Waals surface area (Å²) in [5, 5.41) is 3.87. The van der Waals surface area contributed by atoms with Crippen molar-refractivity contribution in [2.75, 3.05) is 14.2 Å². The van der Waals surface area contributed by atoms with E-state index in [1.165, 1.54) is 20.3 Å². The lowest BCUT2D eigenvalue weighted by Gasteiger charge is -2.10. The average Bonchev–Trinajstić information content (AvgIpc) is 2.60. The fourth-order valence-corrected chi connectivity index (χ4v) is 2.22. The molecule has 0 spiro atoms. The van der Waals surface area contributed by atoms with E-state index in [9.17, 15) is 9.59 Å². The number of hydrogen-bond donors (Lipinski definition) is 0. The standard InChI is InChI=1S/C18H17NO4/c1-12(19-23-3)15-10-9-14(18(21)22-2)11-16(15)17(20)13-7-5-4-6-8-13/h4-11H,1-3H3/b19-12+. The normalized spacial score (nSPS) is 11.0. The molecule has 0 N–H and O–H groups in total. The third-order valence-corrected chi connectivity index (χ3v) is 3.34. The van der Waals surface area contributed by atoms with Crippen molar-refractivity contribution in [3.63, 3.8) is 0 Å². The molecule has 0 radical (unpaired) electrons. The van der Waals surface area contributed by atoms with Crippen LogP contribution in [0.25, 0.3) is 0 Å². The lowest BCUT2D eigenvalue weighted by Crippen LogP contribution is -2.12. The summed E-state index contributed by atoms with van der Waals surface area (Å²) in [5.41, 5.74) is 2.36. The summed E-state index contributed by atoms with van der Waals surface area (Å²) in [6, 6.07) is 13.6. The summed E-state index contributed by atoms with van der Waals surface area (Å²) in [7, 11) is 2.73. The number of carbonyl (C=O) groups excluding carboxylic acids is 2. The van der Waals surface area contributed by atoms with E-state index in [1.807, 2.05) is 6.07 Å². The first-order valence-electron chi connectivity index (χ1n) is 6.98. The summed E-state index contributed by atoms with van der Waals surface area (Å²) in [6.45, 7) is 1.73. The summed E-state index contributed by atoms with van der Waals surface area (Å²) in [6.07, 6.45) is 0. The Hall–Kier alpha value is -2.95. The second-order valence-electron chi connectivity index (χ2n) is 4.81. The van der Waals surface area contributed by atoms with Crippen molar-refractivity contribution in [1.82, 2.24) is 0 Å². The maximum atomic E-state index is 12.8. The summed E-state index contributed by atoms with van der Waals surface area (Å²) in [4.78, 5) is 29.3. The number of benzene rings is 2. The van der Waals surface area contributed by atoms with Gasteiger partial charge in [-0.05, 0) is 19.1 Å². The largest absolute Gasteiger partial charge is 0.465 e. The minimum atomic E-state index is -0.500. The molecule has 0 aliphatic heterocycles. The Balaban J connectivity index is 2.59. The number of ketones is 1. The molecule has 2 rings (SSSR count). The molecule has 0 aliphatic carbocycles. The molecular formula is C18H17NO4. The molecule has 0 aromatic heterocycles. The maximum absolute atomic E-state index is 12.8. The lowest BCUT2D eigenvalue weighted by atomic mass is 9.94. The van der Waals surface area contributed by atoms with E-state index < -0.39 is 5.97 Å². The molecule has 23 heavy (non-hydrogen) atoms. The summed E-state index contributed by atoms with van der Waals surface area (Å²) < 4.78 is 4.72. The van der Waals surface area contributed by atoms with Crippen LogP contribution in [0.1, 0.15) is 38.8 Å². The number of ether oxygens (including phenoxy) is 1. The Bertz CT molecular complexity index is 751. The van der Waals surface area contributed by atoms with Crippen LogP contribution in [0.4, 0.5) is 0 Å². The average molecular weight is 311 g/mol. The highest BCUT2D eigenvalue weighted by molar-refractivity contribution is 6.17. The first kappa shape index (κ1) is 16.4. The van der Waals surface area contributed by atoms with Gasteiger partial charge in [0.05, 0.1) is 18.4 Å². The molecule has 0 fully saturated rings. The summed E-state index contributed by atoms with van der Waals surface area (Å²) >= 11 is 0. The zero-order valence-corrected chi connectivity index (χ0v) is 13.2. The van der Waals surface area contributed by atoms with Crippen LogP contribution < -0.4 is 0 Å². The van der Waals surface area contributed by atoms with Crippen LogP contribution in [0.3, 0.4) is 0 Å². The smallest absolute Gasteiger partial charge is 0.337 e. The van der Waals surface area contributed by atoms with Crippen LogP contribution in [-0.2, 0) is 9.57 Å². The van der Waals surface area contributed by atoms with E-state index in [0.717, 1.165) is 0 Å². The molecule has 0 saturated carbocycles. The van der Waals surface area contributed by atoms with Gasteiger partial charge in [-0.1, -0.05) is 41.6 Å². The van der Waals surface area contributed by atoms with Crippen molar-refractivity contribution in [2.45, 2.75) is 6.92 Å². The van der Waals surface area contributed by atoms with E-state index in [1.54, 1.807) is 43.3 Å². The van der Waals surface area contributed by atoms with Crippen molar-refractivity contribution >= 4 is 17.5 Å². The number of oxime groups is 1. The van der Waals surface area contributed by atoms with Crippen LogP contribution in [-0.4, -0.2) is 31.7 Å². The zero-order chi connectivity index (χ0) is 16.8. The van der Waals surface area contributed by atoms with Crippen molar-refractivity contribution in [2.24, 2.45) is 5.16 Å². The maximum Gasteiger partial charge on any atom is 0.337 e. The Morgan fingerprint density at radius 3 is 2.22 bits per heavy atom. The molecule has 0 aliphatic rings. The molecule has 5 heteroatoms. The zero-order valence-electron chi connectivity index (χ0n) is 13.2. The highest BCUT2D eigenvalue weighted by atomic mass is 16.6. The molecule has 5 nitrogen and oxygen atoms in total. The van der Waals surface area contributed by atoms with Gasteiger partial charge in [0.25, 0.3) is 0 Å². The molecule has 0 bridgehead atoms. The molecule has 0 atom stereocenters. The van der Waals surface area contributed by atoms with Crippen molar-refractivity contribution in [3.8, 4) is 0 Å². The van der Waals surface area contributed by atoms with Gasteiger partial charge < -0.3 is 9.57 Å². The third-order valence-electron chi connectivity index (χ3n) is 3.34. The van der Waals surface area contributed by atoms with Crippen LogP contribution in [0.15, 0.2) is 53.7 Å². The Kier molecular flexibility index (Phi) is 5.25. The quantitative estimate of drug-likeness (QED) is 0.368. The molecule has 2 aromatic carbocycles. The van der Waals surface area contributed by atoms with E-state index >= 15 is 0 Å². The number of methoxy groups -OCH3 is 1. The molecule has 0 saturated heterocycles. The first-order chi connectivity index (χ1) is 11.1.